The van der Waals surface area contributed by atoms with Gasteiger partial charge in [0.2, 0.25) is 15.9 Å². The minimum atomic E-state index is -4.08. The van der Waals surface area contributed by atoms with Crippen LogP contribution in [0.15, 0.2) is 47.4 Å². The first-order chi connectivity index (χ1) is 14.3. The van der Waals surface area contributed by atoms with Gasteiger partial charge in [-0.1, -0.05) is 23.7 Å². The number of primary sulfonamides is 1. The summed E-state index contributed by atoms with van der Waals surface area (Å²) in [6, 6.07) is 10.1. The monoisotopic (exact) mass is 465 g/mol. The Kier molecular flexibility index (Phi) is 5.83. The maximum absolute atomic E-state index is 13.2. The van der Waals surface area contributed by atoms with E-state index in [1.807, 2.05) is 0 Å². The fraction of sp³-hybridized carbons (Fsp3) is 0.250. The van der Waals surface area contributed by atoms with Crippen molar-refractivity contribution in [2.45, 2.75) is 37.3 Å². The number of ether oxygens (including phenoxy) is 1. The van der Waals surface area contributed by atoms with Crippen LogP contribution in [0.3, 0.4) is 0 Å². The van der Waals surface area contributed by atoms with Gasteiger partial charge in [-0.3, -0.25) is 14.5 Å². The molecule has 0 saturated carbocycles. The maximum atomic E-state index is 13.2. The number of fused-ring (bicyclic) bond motifs is 1. The SMILES string of the molecule is C[C@H](OC(=O)c1cc(S(N)(=O)=O)ccc1Cl)C(=O)N1c2ccccc2NC(=O)C1(C)C. The number of halogens is 1. The number of anilines is 2. The number of sulfonamides is 1. The van der Waals surface area contributed by atoms with Crippen molar-refractivity contribution in [1.29, 1.82) is 0 Å². The third-order valence-corrected chi connectivity index (χ3v) is 6.09. The molecule has 0 bridgehead atoms. The van der Waals surface area contributed by atoms with Gasteiger partial charge in [-0.2, -0.15) is 0 Å². The van der Waals surface area contributed by atoms with Crippen LogP contribution in [0, 0.1) is 0 Å². The summed E-state index contributed by atoms with van der Waals surface area (Å²) < 4.78 is 28.4. The average molecular weight is 466 g/mol. The number of nitrogens with two attached hydrogens (primary N) is 1. The minimum Gasteiger partial charge on any atom is -0.449 e. The third kappa shape index (κ3) is 4.27. The first-order valence-electron chi connectivity index (χ1n) is 9.12. The second-order valence-corrected chi connectivity index (χ2v) is 9.41. The first kappa shape index (κ1) is 22.7. The Morgan fingerprint density at radius 3 is 2.48 bits per heavy atom. The fourth-order valence-electron chi connectivity index (χ4n) is 3.14. The van der Waals surface area contributed by atoms with E-state index in [-0.39, 0.29) is 15.5 Å². The zero-order chi connectivity index (χ0) is 23.1. The summed E-state index contributed by atoms with van der Waals surface area (Å²) in [5.41, 5.74) is -0.613. The highest BCUT2D eigenvalue weighted by Gasteiger charge is 2.45. The van der Waals surface area contributed by atoms with Gasteiger partial charge in [-0.05, 0) is 51.1 Å². The number of hydrogen-bond donors (Lipinski definition) is 2. The number of hydrogen-bond acceptors (Lipinski definition) is 6. The number of rotatable bonds is 4. The van der Waals surface area contributed by atoms with E-state index >= 15 is 0 Å². The molecule has 0 fully saturated rings. The molecule has 3 rings (SSSR count). The standard InChI is InChI=1S/C20H20ClN3O6S/c1-11(30-18(26)13-10-12(31(22,28)29)8-9-14(13)21)17(25)24-16-7-5-4-6-15(16)23-19(27)20(24,2)3/h4-11H,1-3H3,(H,23,27)(H2,22,28,29)/t11-/m0/s1. The lowest BCUT2D eigenvalue weighted by molar-refractivity contribution is -0.131. The molecule has 3 N–H and O–H groups in total. The lowest BCUT2D eigenvalue weighted by atomic mass is 9.95. The Labute approximate surface area is 184 Å². The second kappa shape index (κ2) is 7.95. The summed E-state index contributed by atoms with van der Waals surface area (Å²) in [7, 11) is -4.08. The molecular formula is C20H20ClN3O6S. The van der Waals surface area contributed by atoms with Crippen molar-refractivity contribution in [3.05, 3.63) is 53.1 Å². The van der Waals surface area contributed by atoms with E-state index in [4.69, 9.17) is 21.5 Å². The van der Waals surface area contributed by atoms with Crippen molar-refractivity contribution in [2.75, 3.05) is 10.2 Å². The smallest absolute Gasteiger partial charge is 0.340 e. The quantitative estimate of drug-likeness (QED) is 0.665. The Bertz CT molecular complexity index is 1200. The van der Waals surface area contributed by atoms with Crippen molar-refractivity contribution >= 4 is 50.8 Å². The van der Waals surface area contributed by atoms with Gasteiger partial charge in [-0.15, -0.1) is 0 Å². The molecule has 1 heterocycles. The number of carbonyl (C=O) groups excluding carboxylic acids is 3. The van der Waals surface area contributed by atoms with Gasteiger partial charge in [0.25, 0.3) is 5.91 Å². The molecule has 2 aromatic rings. The summed E-state index contributed by atoms with van der Waals surface area (Å²) >= 11 is 6.00. The van der Waals surface area contributed by atoms with Gasteiger partial charge in [0, 0.05) is 0 Å². The van der Waals surface area contributed by atoms with E-state index in [1.165, 1.54) is 17.9 Å². The van der Waals surface area contributed by atoms with Crippen LogP contribution in [-0.4, -0.2) is 37.8 Å². The predicted octanol–water partition coefficient (Wildman–Crippen LogP) is 2.30. The predicted molar refractivity (Wildman–Crippen MR) is 114 cm³/mol. The molecule has 0 saturated heterocycles. The zero-order valence-electron chi connectivity index (χ0n) is 16.9. The molecule has 11 heteroatoms. The summed E-state index contributed by atoms with van der Waals surface area (Å²) in [4.78, 5) is 39.3. The lowest BCUT2D eigenvalue weighted by Crippen LogP contribution is -2.60. The fourth-order valence-corrected chi connectivity index (χ4v) is 3.88. The first-order valence-corrected chi connectivity index (χ1v) is 11.0. The number of benzene rings is 2. The van der Waals surface area contributed by atoms with Crippen LogP contribution in [0.5, 0.6) is 0 Å². The van der Waals surface area contributed by atoms with Crippen LogP contribution in [0.25, 0.3) is 0 Å². The molecule has 1 aliphatic rings. The van der Waals surface area contributed by atoms with E-state index in [1.54, 1.807) is 38.1 Å². The number of nitrogens with one attached hydrogen (secondary N) is 1. The minimum absolute atomic E-state index is 0.0694. The van der Waals surface area contributed by atoms with Gasteiger partial charge in [-0.25, -0.2) is 18.4 Å². The molecule has 2 amide bonds. The number of amides is 2. The number of nitrogens with zero attached hydrogens (tertiary/aromatic N) is 1. The normalized spacial score (nSPS) is 16.2. The van der Waals surface area contributed by atoms with E-state index in [0.29, 0.717) is 11.4 Å². The lowest BCUT2D eigenvalue weighted by Gasteiger charge is -2.42. The molecule has 0 unspecified atom stereocenters. The Balaban J connectivity index is 1.91. The van der Waals surface area contributed by atoms with Crippen molar-refractivity contribution < 1.29 is 27.5 Å². The number of esters is 1. The largest absolute Gasteiger partial charge is 0.449 e. The van der Waals surface area contributed by atoms with Gasteiger partial charge in [0.1, 0.15) is 5.54 Å². The Morgan fingerprint density at radius 1 is 1.19 bits per heavy atom. The molecule has 0 aliphatic carbocycles. The van der Waals surface area contributed by atoms with Crippen LogP contribution in [0.2, 0.25) is 5.02 Å². The van der Waals surface area contributed by atoms with E-state index in [2.05, 4.69) is 5.32 Å². The molecular weight excluding hydrogens is 446 g/mol. The van der Waals surface area contributed by atoms with E-state index < -0.39 is 39.4 Å². The third-order valence-electron chi connectivity index (χ3n) is 4.85. The maximum Gasteiger partial charge on any atom is 0.340 e. The van der Waals surface area contributed by atoms with Crippen LogP contribution in [0.4, 0.5) is 11.4 Å². The Morgan fingerprint density at radius 2 is 1.84 bits per heavy atom. The molecule has 1 aliphatic heterocycles. The summed E-state index contributed by atoms with van der Waals surface area (Å²) in [6.45, 7) is 4.48. The highest BCUT2D eigenvalue weighted by molar-refractivity contribution is 7.89. The van der Waals surface area contributed by atoms with Crippen LogP contribution in [-0.2, 0) is 24.3 Å². The highest BCUT2D eigenvalue weighted by Crippen LogP contribution is 2.37. The van der Waals surface area contributed by atoms with E-state index in [0.717, 1.165) is 12.1 Å². The van der Waals surface area contributed by atoms with Crippen LogP contribution in [0.1, 0.15) is 31.1 Å². The molecule has 0 spiro atoms. The highest BCUT2D eigenvalue weighted by atomic mass is 35.5. The molecule has 9 nitrogen and oxygen atoms in total. The van der Waals surface area contributed by atoms with Crippen molar-refractivity contribution in [3.8, 4) is 0 Å². The zero-order valence-corrected chi connectivity index (χ0v) is 18.5. The Hall–Kier alpha value is -2.95. The average Bonchev–Trinajstić information content (AvgIpc) is 2.67. The molecule has 164 valence electrons. The molecule has 2 aromatic carbocycles. The van der Waals surface area contributed by atoms with Crippen molar-refractivity contribution in [3.63, 3.8) is 0 Å². The molecule has 1 atom stereocenters. The molecule has 0 radical (unpaired) electrons. The van der Waals surface area contributed by atoms with Crippen LogP contribution >= 0.6 is 11.6 Å². The molecule has 31 heavy (non-hydrogen) atoms. The van der Waals surface area contributed by atoms with E-state index in [9.17, 15) is 22.8 Å². The second-order valence-electron chi connectivity index (χ2n) is 7.44. The van der Waals surface area contributed by atoms with Crippen molar-refractivity contribution in [1.82, 2.24) is 0 Å². The van der Waals surface area contributed by atoms with Crippen LogP contribution < -0.4 is 15.4 Å². The summed E-state index contributed by atoms with van der Waals surface area (Å²) in [5.74, 6) is -2.05. The van der Waals surface area contributed by atoms with Gasteiger partial charge < -0.3 is 10.1 Å². The van der Waals surface area contributed by atoms with Crippen molar-refractivity contribution in [2.24, 2.45) is 5.14 Å². The summed E-state index contributed by atoms with van der Waals surface area (Å²) in [6.07, 6.45) is -1.31. The number of carbonyl (C=O) groups is 3. The topological polar surface area (TPSA) is 136 Å². The molecule has 0 aromatic heterocycles. The number of para-hydroxylation sites is 2. The van der Waals surface area contributed by atoms with Gasteiger partial charge in [0.05, 0.1) is 26.9 Å². The summed E-state index contributed by atoms with van der Waals surface area (Å²) in [5, 5.41) is 7.76. The van der Waals surface area contributed by atoms with Gasteiger partial charge >= 0.3 is 5.97 Å². The van der Waals surface area contributed by atoms with Gasteiger partial charge in [0.15, 0.2) is 6.10 Å².